The highest BCUT2D eigenvalue weighted by atomic mass is 16.3. The van der Waals surface area contributed by atoms with E-state index in [9.17, 15) is 0 Å². The van der Waals surface area contributed by atoms with E-state index in [1.165, 1.54) is 6.08 Å². The maximum atomic E-state index is 9.13. The van der Waals surface area contributed by atoms with Crippen molar-refractivity contribution in [3.05, 3.63) is 23.8 Å². The molecule has 0 aromatic rings. The minimum Gasteiger partial charge on any atom is -0.389 e. The molecule has 11 heavy (non-hydrogen) atoms. The van der Waals surface area contributed by atoms with Crippen molar-refractivity contribution < 1.29 is 5.11 Å². The molecule has 0 aromatic carbocycles. The Morgan fingerprint density at radius 1 is 1.45 bits per heavy atom. The van der Waals surface area contributed by atoms with Crippen LogP contribution in [0.3, 0.4) is 0 Å². The molecule has 0 radical (unpaired) electrons. The molecular weight excluding hydrogens is 140 g/mol. The van der Waals surface area contributed by atoms with Crippen molar-refractivity contribution in [1.29, 1.82) is 10.8 Å². The molecule has 1 aliphatic rings. The second-order valence-electron chi connectivity index (χ2n) is 2.45. The maximum absolute atomic E-state index is 9.13. The average molecular weight is 150 g/mol. The Morgan fingerprint density at radius 2 is 2.09 bits per heavy atom. The van der Waals surface area contributed by atoms with E-state index in [2.05, 4.69) is 0 Å². The van der Waals surface area contributed by atoms with Crippen LogP contribution in [0.5, 0.6) is 0 Å². The first-order chi connectivity index (χ1) is 5.13. The molecule has 0 spiro atoms. The monoisotopic (exact) mass is 150 g/mol. The van der Waals surface area contributed by atoms with Crippen LogP contribution in [0, 0.1) is 10.8 Å². The second kappa shape index (κ2) is 2.80. The summed E-state index contributed by atoms with van der Waals surface area (Å²) in [4.78, 5) is 0. The van der Waals surface area contributed by atoms with Crippen LogP contribution in [-0.2, 0) is 0 Å². The average Bonchev–Trinajstić information content (AvgIpc) is 1.94. The van der Waals surface area contributed by atoms with Gasteiger partial charge in [-0.3, -0.25) is 10.8 Å². The Balaban J connectivity index is 2.96. The van der Waals surface area contributed by atoms with Crippen molar-refractivity contribution in [1.82, 2.24) is 0 Å². The molecule has 1 aliphatic carbocycles. The van der Waals surface area contributed by atoms with E-state index in [1.807, 2.05) is 0 Å². The Bertz CT molecular complexity index is 261. The molecule has 1 rings (SSSR count). The molecule has 3 nitrogen and oxygen atoms in total. The van der Waals surface area contributed by atoms with E-state index < -0.39 is 6.10 Å². The van der Waals surface area contributed by atoms with Gasteiger partial charge in [0.1, 0.15) is 0 Å². The Labute approximate surface area is 65.1 Å². The van der Waals surface area contributed by atoms with Gasteiger partial charge in [-0.25, -0.2) is 0 Å². The van der Waals surface area contributed by atoms with Gasteiger partial charge in [0, 0.05) is 5.57 Å². The summed E-state index contributed by atoms with van der Waals surface area (Å²) in [6.45, 7) is 1.59. The largest absolute Gasteiger partial charge is 0.389 e. The molecule has 1 unspecified atom stereocenters. The zero-order chi connectivity index (χ0) is 8.43. The summed E-state index contributed by atoms with van der Waals surface area (Å²) >= 11 is 0. The summed E-state index contributed by atoms with van der Waals surface area (Å²) < 4.78 is 0. The Hall–Kier alpha value is -1.22. The van der Waals surface area contributed by atoms with Gasteiger partial charge >= 0.3 is 0 Å². The molecule has 1 atom stereocenters. The minimum atomic E-state index is -0.659. The number of rotatable bonds is 1. The van der Waals surface area contributed by atoms with Gasteiger partial charge in [0.25, 0.3) is 0 Å². The van der Waals surface area contributed by atoms with Crippen LogP contribution in [0.25, 0.3) is 0 Å². The van der Waals surface area contributed by atoms with E-state index in [0.29, 0.717) is 5.57 Å². The number of hydrogen-bond acceptors (Lipinski definition) is 3. The number of allylic oxidation sites excluding steroid dienone is 3. The maximum Gasteiger partial charge on any atom is 0.0847 e. The molecular formula is C8H10N2O. The minimum absolute atomic E-state index is 0.113. The van der Waals surface area contributed by atoms with Crippen LogP contribution < -0.4 is 0 Å². The summed E-state index contributed by atoms with van der Waals surface area (Å²) in [5, 5.41) is 23.8. The summed E-state index contributed by atoms with van der Waals surface area (Å²) in [5.41, 5.74) is 0.781. The fraction of sp³-hybridized carbons (Fsp3) is 0.250. The molecule has 58 valence electrons. The van der Waals surface area contributed by atoms with Gasteiger partial charge in [0.05, 0.1) is 17.5 Å². The molecule has 3 N–H and O–H groups in total. The number of aliphatic hydroxyl groups is 1. The van der Waals surface area contributed by atoms with Crippen molar-refractivity contribution in [2.24, 2.45) is 0 Å². The number of nitrogens with one attached hydrogen (secondary N) is 2. The fourth-order valence-corrected chi connectivity index (χ4v) is 0.918. The van der Waals surface area contributed by atoms with Gasteiger partial charge in [0.2, 0.25) is 0 Å². The van der Waals surface area contributed by atoms with E-state index in [-0.39, 0.29) is 11.4 Å². The van der Waals surface area contributed by atoms with Crippen LogP contribution >= 0.6 is 0 Å². The number of hydrogen-bond donors (Lipinski definition) is 3. The normalized spacial score (nSPS) is 20.0. The van der Waals surface area contributed by atoms with Crippen LogP contribution in [0.4, 0.5) is 0 Å². The third-order valence-electron chi connectivity index (χ3n) is 1.55. The predicted molar refractivity (Wildman–Crippen MR) is 44.4 cm³/mol. The lowest BCUT2D eigenvalue weighted by molar-refractivity contribution is 0.238. The first-order valence-corrected chi connectivity index (χ1v) is 3.37. The quantitative estimate of drug-likeness (QED) is 0.478. The standard InChI is InChI=1S/C8H10N2O/c1-5(11)6-3-2-4-7(9)8(6)10/h2-5,9-11H,1H3. The SMILES string of the molecule is CC(O)C1=CC=CC(=N)C1=N. The Kier molecular flexibility index (Phi) is 2.01. The van der Waals surface area contributed by atoms with Crippen molar-refractivity contribution in [3.8, 4) is 0 Å². The number of aliphatic hydroxyl groups excluding tert-OH is 1. The fourth-order valence-electron chi connectivity index (χ4n) is 0.918. The lowest BCUT2D eigenvalue weighted by atomic mass is 9.97. The van der Waals surface area contributed by atoms with E-state index in [0.717, 1.165) is 0 Å². The molecule has 0 aromatic heterocycles. The van der Waals surface area contributed by atoms with Crippen molar-refractivity contribution >= 4 is 11.4 Å². The third kappa shape index (κ3) is 1.43. The molecule has 0 heterocycles. The van der Waals surface area contributed by atoms with Gasteiger partial charge in [-0.1, -0.05) is 12.2 Å². The molecule has 3 heteroatoms. The highest BCUT2D eigenvalue weighted by Gasteiger charge is 2.15. The highest BCUT2D eigenvalue weighted by molar-refractivity contribution is 6.50. The molecule has 0 amide bonds. The van der Waals surface area contributed by atoms with Gasteiger partial charge in [0.15, 0.2) is 0 Å². The zero-order valence-electron chi connectivity index (χ0n) is 6.26. The smallest absolute Gasteiger partial charge is 0.0847 e. The zero-order valence-corrected chi connectivity index (χ0v) is 6.26. The first-order valence-electron chi connectivity index (χ1n) is 3.37. The van der Waals surface area contributed by atoms with Crippen LogP contribution in [0.2, 0.25) is 0 Å². The van der Waals surface area contributed by atoms with Crippen molar-refractivity contribution in [2.45, 2.75) is 13.0 Å². The van der Waals surface area contributed by atoms with Crippen molar-refractivity contribution in [2.75, 3.05) is 0 Å². The van der Waals surface area contributed by atoms with Gasteiger partial charge < -0.3 is 5.11 Å². The highest BCUT2D eigenvalue weighted by Crippen LogP contribution is 2.09. The van der Waals surface area contributed by atoms with Gasteiger partial charge in [-0.15, -0.1) is 0 Å². The van der Waals surface area contributed by atoms with E-state index in [4.69, 9.17) is 15.9 Å². The molecule has 0 saturated heterocycles. The molecule has 0 bridgehead atoms. The third-order valence-corrected chi connectivity index (χ3v) is 1.55. The van der Waals surface area contributed by atoms with Gasteiger partial charge in [-0.2, -0.15) is 0 Å². The lowest BCUT2D eigenvalue weighted by Gasteiger charge is -2.13. The van der Waals surface area contributed by atoms with E-state index >= 15 is 0 Å². The Morgan fingerprint density at radius 3 is 2.55 bits per heavy atom. The second-order valence-corrected chi connectivity index (χ2v) is 2.45. The van der Waals surface area contributed by atoms with E-state index in [1.54, 1.807) is 19.1 Å². The molecule has 0 fully saturated rings. The van der Waals surface area contributed by atoms with Crippen LogP contribution in [0.1, 0.15) is 6.92 Å². The van der Waals surface area contributed by atoms with Crippen LogP contribution in [0.15, 0.2) is 23.8 Å². The molecule has 0 aliphatic heterocycles. The topological polar surface area (TPSA) is 67.9 Å². The predicted octanol–water partition coefficient (Wildman–Crippen LogP) is 0.903. The lowest BCUT2D eigenvalue weighted by Crippen LogP contribution is -2.22. The summed E-state index contributed by atoms with van der Waals surface area (Å²) in [7, 11) is 0. The summed E-state index contributed by atoms with van der Waals surface area (Å²) in [6.07, 6.45) is 4.20. The van der Waals surface area contributed by atoms with Crippen molar-refractivity contribution in [3.63, 3.8) is 0 Å². The van der Waals surface area contributed by atoms with Gasteiger partial charge in [-0.05, 0) is 13.0 Å². The molecule has 0 saturated carbocycles. The summed E-state index contributed by atoms with van der Waals surface area (Å²) in [6, 6.07) is 0. The summed E-state index contributed by atoms with van der Waals surface area (Å²) in [5.74, 6) is 0. The first kappa shape index (κ1) is 7.88. The van der Waals surface area contributed by atoms with Crippen LogP contribution in [-0.4, -0.2) is 22.6 Å².